The molecule has 102 valence electrons. The molecule has 0 aromatic heterocycles. The molecule has 18 heavy (non-hydrogen) atoms. The molecular weight excluding hydrogens is 226 g/mol. The quantitative estimate of drug-likeness (QED) is 0.795. The Hall–Kier alpha value is -0.610. The molecule has 2 bridgehead atoms. The molecule has 0 aromatic rings. The monoisotopic (exact) mass is 251 g/mol. The Balaban J connectivity index is 1.51. The average Bonchev–Trinajstić information content (AvgIpc) is 3.02. The highest BCUT2D eigenvalue weighted by Gasteiger charge is 2.41. The van der Waals surface area contributed by atoms with Crippen molar-refractivity contribution in [1.29, 1.82) is 0 Å². The Labute approximate surface area is 110 Å². The van der Waals surface area contributed by atoms with Gasteiger partial charge < -0.3 is 10.2 Å². The van der Waals surface area contributed by atoms with Crippen LogP contribution in [-0.4, -0.2) is 61.5 Å². The first-order valence-corrected chi connectivity index (χ1v) is 7.43. The molecule has 0 spiro atoms. The maximum absolute atomic E-state index is 12.2. The van der Waals surface area contributed by atoms with Crippen molar-refractivity contribution >= 4 is 5.91 Å². The molecule has 1 N–H and O–H groups in total. The van der Waals surface area contributed by atoms with Crippen LogP contribution in [0.15, 0.2) is 0 Å². The normalized spacial score (nSPS) is 35.4. The summed E-state index contributed by atoms with van der Waals surface area (Å²) < 4.78 is 0. The number of amides is 1. The lowest BCUT2D eigenvalue weighted by Gasteiger charge is -2.34. The second kappa shape index (κ2) is 5.17. The summed E-state index contributed by atoms with van der Waals surface area (Å²) in [5.41, 5.74) is 0. The number of carbonyl (C=O) groups excluding carboxylic acids is 1. The van der Waals surface area contributed by atoms with Crippen molar-refractivity contribution in [2.45, 2.75) is 31.7 Å². The van der Waals surface area contributed by atoms with E-state index < -0.39 is 0 Å². The molecule has 0 aromatic carbocycles. The van der Waals surface area contributed by atoms with E-state index in [-0.39, 0.29) is 0 Å². The van der Waals surface area contributed by atoms with Gasteiger partial charge in [0.1, 0.15) is 0 Å². The van der Waals surface area contributed by atoms with Crippen molar-refractivity contribution in [2.75, 3.05) is 39.8 Å². The zero-order valence-electron chi connectivity index (χ0n) is 11.4. The molecule has 4 nitrogen and oxygen atoms in total. The van der Waals surface area contributed by atoms with Gasteiger partial charge >= 0.3 is 0 Å². The van der Waals surface area contributed by atoms with Crippen LogP contribution in [0.2, 0.25) is 0 Å². The number of hydrogen-bond donors (Lipinski definition) is 1. The van der Waals surface area contributed by atoms with Crippen LogP contribution in [-0.2, 0) is 4.79 Å². The van der Waals surface area contributed by atoms with E-state index in [9.17, 15) is 4.79 Å². The van der Waals surface area contributed by atoms with E-state index in [0.29, 0.717) is 18.5 Å². The first-order chi connectivity index (χ1) is 8.74. The summed E-state index contributed by atoms with van der Waals surface area (Å²) in [6.45, 7) is 4.27. The lowest BCUT2D eigenvalue weighted by Crippen LogP contribution is -2.50. The topological polar surface area (TPSA) is 35.6 Å². The summed E-state index contributed by atoms with van der Waals surface area (Å²) in [5, 5.41) is 3.29. The largest absolute Gasteiger partial charge is 0.339 e. The standard InChI is InChI=1S/C14H25N3O/c1-16(13-9-11-2-3-12(13)8-11)10-14(18)17-6-4-15-5-7-17/h11-13,15H,2-10H2,1H3. The third-order valence-electron chi connectivity index (χ3n) is 5.12. The van der Waals surface area contributed by atoms with Gasteiger partial charge in [0.15, 0.2) is 0 Å². The summed E-state index contributed by atoms with van der Waals surface area (Å²) in [4.78, 5) is 16.6. The number of hydrogen-bond acceptors (Lipinski definition) is 3. The van der Waals surface area contributed by atoms with Gasteiger partial charge in [0.2, 0.25) is 5.91 Å². The van der Waals surface area contributed by atoms with Gasteiger partial charge in [0.25, 0.3) is 0 Å². The van der Waals surface area contributed by atoms with Crippen molar-refractivity contribution in [3.63, 3.8) is 0 Å². The Bertz CT molecular complexity index is 314. The highest BCUT2D eigenvalue weighted by Crippen LogP contribution is 2.46. The lowest BCUT2D eigenvalue weighted by atomic mass is 9.94. The SMILES string of the molecule is CN(CC(=O)N1CCNCC1)C1CC2CCC1C2. The minimum absolute atomic E-state index is 0.321. The van der Waals surface area contributed by atoms with Crippen LogP contribution in [0.1, 0.15) is 25.7 Å². The average molecular weight is 251 g/mol. The number of fused-ring (bicyclic) bond motifs is 2. The molecular formula is C14H25N3O. The molecule has 1 saturated heterocycles. The first-order valence-electron chi connectivity index (χ1n) is 7.43. The number of nitrogens with one attached hydrogen (secondary N) is 1. The molecule has 3 atom stereocenters. The smallest absolute Gasteiger partial charge is 0.236 e. The van der Waals surface area contributed by atoms with Crippen molar-refractivity contribution in [3.05, 3.63) is 0 Å². The molecule has 3 fully saturated rings. The summed E-state index contributed by atoms with van der Waals surface area (Å²) >= 11 is 0. The van der Waals surface area contributed by atoms with E-state index in [1.165, 1.54) is 25.7 Å². The molecule has 1 amide bonds. The van der Waals surface area contributed by atoms with Crippen molar-refractivity contribution in [3.8, 4) is 0 Å². The van der Waals surface area contributed by atoms with Crippen LogP contribution in [0.5, 0.6) is 0 Å². The van der Waals surface area contributed by atoms with E-state index in [1.54, 1.807) is 0 Å². The molecule has 2 aliphatic carbocycles. The Morgan fingerprint density at radius 1 is 1.28 bits per heavy atom. The third-order valence-corrected chi connectivity index (χ3v) is 5.12. The molecule has 3 rings (SSSR count). The van der Waals surface area contributed by atoms with Crippen LogP contribution in [0.4, 0.5) is 0 Å². The minimum Gasteiger partial charge on any atom is -0.339 e. The fourth-order valence-electron chi connectivity index (χ4n) is 4.10. The number of rotatable bonds is 3. The number of carbonyl (C=O) groups is 1. The van der Waals surface area contributed by atoms with E-state index in [1.807, 2.05) is 4.90 Å². The van der Waals surface area contributed by atoms with E-state index in [2.05, 4.69) is 17.3 Å². The number of likely N-dealkylation sites (N-methyl/N-ethyl adjacent to an activating group) is 1. The number of piperazine rings is 1. The van der Waals surface area contributed by atoms with E-state index in [4.69, 9.17) is 0 Å². The predicted molar refractivity (Wildman–Crippen MR) is 71.3 cm³/mol. The Morgan fingerprint density at radius 2 is 2.06 bits per heavy atom. The number of nitrogens with zero attached hydrogens (tertiary/aromatic N) is 2. The third kappa shape index (κ3) is 2.41. The van der Waals surface area contributed by atoms with Gasteiger partial charge in [0.05, 0.1) is 6.54 Å². The van der Waals surface area contributed by atoms with E-state index in [0.717, 1.165) is 38.0 Å². The highest BCUT2D eigenvalue weighted by molar-refractivity contribution is 5.78. The van der Waals surface area contributed by atoms with Gasteiger partial charge in [0, 0.05) is 32.2 Å². The van der Waals surface area contributed by atoms with Gasteiger partial charge in [-0.1, -0.05) is 6.42 Å². The van der Waals surface area contributed by atoms with Crippen LogP contribution in [0, 0.1) is 11.8 Å². The van der Waals surface area contributed by atoms with Crippen molar-refractivity contribution < 1.29 is 4.79 Å². The van der Waals surface area contributed by atoms with Gasteiger partial charge in [-0.15, -0.1) is 0 Å². The zero-order chi connectivity index (χ0) is 12.5. The lowest BCUT2D eigenvalue weighted by molar-refractivity contribution is -0.133. The molecule has 1 heterocycles. The summed E-state index contributed by atoms with van der Waals surface area (Å²) in [7, 11) is 2.14. The Kier molecular flexibility index (Phi) is 3.57. The van der Waals surface area contributed by atoms with Crippen molar-refractivity contribution in [2.24, 2.45) is 11.8 Å². The van der Waals surface area contributed by atoms with Gasteiger partial charge in [-0.25, -0.2) is 0 Å². The minimum atomic E-state index is 0.321. The maximum atomic E-state index is 12.2. The van der Waals surface area contributed by atoms with Crippen LogP contribution in [0.3, 0.4) is 0 Å². The first kappa shape index (κ1) is 12.4. The molecule has 1 aliphatic heterocycles. The highest BCUT2D eigenvalue weighted by atomic mass is 16.2. The Morgan fingerprint density at radius 3 is 2.67 bits per heavy atom. The molecule has 3 aliphatic rings. The van der Waals surface area contributed by atoms with Gasteiger partial charge in [-0.05, 0) is 38.1 Å². The van der Waals surface area contributed by atoms with Crippen LogP contribution >= 0.6 is 0 Å². The molecule has 0 radical (unpaired) electrons. The molecule has 3 unspecified atom stereocenters. The summed E-state index contributed by atoms with van der Waals surface area (Å²) in [6.07, 6.45) is 5.56. The van der Waals surface area contributed by atoms with Crippen molar-refractivity contribution in [1.82, 2.24) is 15.1 Å². The van der Waals surface area contributed by atoms with Gasteiger partial charge in [-0.2, -0.15) is 0 Å². The van der Waals surface area contributed by atoms with Crippen LogP contribution in [0.25, 0.3) is 0 Å². The fraction of sp³-hybridized carbons (Fsp3) is 0.929. The predicted octanol–water partition coefficient (Wildman–Crippen LogP) is 0.539. The van der Waals surface area contributed by atoms with Crippen LogP contribution < -0.4 is 5.32 Å². The molecule has 4 heteroatoms. The molecule has 2 saturated carbocycles. The maximum Gasteiger partial charge on any atom is 0.236 e. The second-order valence-corrected chi connectivity index (χ2v) is 6.29. The summed E-state index contributed by atoms with van der Waals surface area (Å²) in [6, 6.07) is 0.676. The van der Waals surface area contributed by atoms with E-state index >= 15 is 0 Å². The fourth-order valence-corrected chi connectivity index (χ4v) is 4.10. The zero-order valence-corrected chi connectivity index (χ0v) is 11.4. The summed E-state index contributed by atoms with van der Waals surface area (Å²) in [5.74, 6) is 2.15. The second-order valence-electron chi connectivity index (χ2n) is 6.29. The van der Waals surface area contributed by atoms with Gasteiger partial charge in [-0.3, -0.25) is 9.69 Å².